The van der Waals surface area contributed by atoms with Crippen LogP contribution in [0.4, 0.5) is 4.79 Å². The van der Waals surface area contributed by atoms with Gasteiger partial charge in [0.2, 0.25) is 5.91 Å². The number of fused-ring (bicyclic) bond motifs is 3. The summed E-state index contributed by atoms with van der Waals surface area (Å²) >= 11 is 0. The Morgan fingerprint density at radius 1 is 0.939 bits per heavy atom. The molecule has 8 nitrogen and oxygen atoms in total. The largest absolute Gasteiger partial charge is 0.480 e. The lowest BCUT2D eigenvalue weighted by atomic mass is 9.98. The molecular weight excluding hydrogens is 424 g/mol. The van der Waals surface area contributed by atoms with Crippen LogP contribution >= 0.6 is 0 Å². The van der Waals surface area contributed by atoms with Crippen molar-refractivity contribution >= 4 is 18.0 Å². The number of carboxylic acids is 1. The van der Waals surface area contributed by atoms with Crippen LogP contribution in [0.5, 0.6) is 0 Å². The van der Waals surface area contributed by atoms with E-state index in [-0.39, 0.29) is 24.9 Å². The van der Waals surface area contributed by atoms with Crippen molar-refractivity contribution in [3.05, 3.63) is 59.7 Å². The molecule has 2 amide bonds. The van der Waals surface area contributed by atoms with E-state index in [2.05, 4.69) is 10.6 Å². The average molecular weight is 455 g/mol. The second-order valence-electron chi connectivity index (χ2n) is 8.72. The summed E-state index contributed by atoms with van der Waals surface area (Å²) in [5.74, 6) is -2.12. The average Bonchev–Trinajstić information content (AvgIpc) is 3.08. The van der Waals surface area contributed by atoms with E-state index in [1.807, 2.05) is 62.4 Å². The summed E-state index contributed by atoms with van der Waals surface area (Å²) in [7, 11) is 0. The maximum Gasteiger partial charge on any atom is 0.407 e. The van der Waals surface area contributed by atoms with Crippen molar-refractivity contribution in [1.82, 2.24) is 10.6 Å². The summed E-state index contributed by atoms with van der Waals surface area (Å²) in [5, 5.41) is 23.7. The molecule has 0 saturated carbocycles. The number of carboxylic acid groups (broad SMARTS) is 1. The van der Waals surface area contributed by atoms with E-state index < -0.39 is 36.2 Å². The number of hydrogen-bond donors (Lipinski definition) is 4. The molecule has 1 aliphatic rings. The Balaban J connectivity index is 1.67. The van der Waals surface area contributed by atoms with Gasteiger partial charge in [-0.1, -0.05) is 62.4 Å². The number of hydrogen-bond acceptors (Lipinski definition) is 5. The fourth-order valence-electron chi connectivity index (χ4n) is 4.13. The number of carbonyl (C=O) groups excluding carboxylic acids is 2. The second-order valence-corrected chi connectivity index (χ2v) is 8.72. The van der Waals surface area contributed by atoms with Crippen LogP contribution < -0.4 is 10.6 Å². The highest BCUT2D eigenvalue weighted by atomic mass is 16.5. The van der Waals surface area contributed by atoms with Gasteiger partial charge in [0.1, 0.15) is 12.6 Å². The molecule has 8 heteroatoms. The van der Waals surface area contributed by atoms with Crippen molar-refractivity contribution in [2.75, 3.05) is 6.61 Å². The molecule has 0 saturated heterocycles. The third-order valence-corrected chi connectivity index (χ3v) is 5.71. The zero-order valence-electron chi connectivity index (χ0n) is 18.9. The maximum absolute atomic E-state index is 12.7. The first-order valence-corrected chi connectivity index (χ1v) is 11.0. The lowest BCUT2D eigenvalue weighted by molar-refractivity contribution is -0.145. The number of rotatable bonds is 9. The van der Waals surface area contributed by atoms with Crippen molar-refractivity contribution in [2.45, 2.75) is 51.3 Å². The quantitative estimate of drug-likeness (QED) is 0.462. The van der Waals surface area contributed by atoms with Crippen LogP contribution in [0.2, 0.25) is 0 Å². The summed E-state index contributed by atoms with van der Waals surface area (Å²) < 4.78 is 5.51. The van der Waals surface area contributed by atoms with Crippen LogP contribution in [0.15, 0.2) is 48.5 Å². The zero-order valence-corrected chi connectivity index (χ0v) is 18.9. The fraction of sp³-hybridized carbons (Fsp3) is 0.400. The van der Waals surface area contributed by atoms with Crippen LogP contribution in [-0.4, -0.2) is 53.0 Å². The molecule has 0 bridgehead atoms. The Morgan fingerprint density at radius 2 is 1.48 bits per heavy atom. The minimum Gasteiger partial charge on any atom is -0.480 e. The molecule has 33 heavy (non-hydrogen) atoms. The van der Waals surface area contributed by atoms with Crippen molar-refractivity contribution < 1.29 is 29.3 Å². The van der Waals surface area contributed by atoms with Gasteiger partial charge >= 0.3 is 12.1 Å². The Hall–Kier alpha value is -3.39. The second kappa shape index (κ2) is 10.5. The van der Waals surface area contributed by atoms with Crippen molar-refractivity contribution in [2.24, 2.45) is 5.92 Å². The van der Waals surface area contributed by atoms with Gasteiger partial charge in [-0.05, 0) is 41.5 Å². The van der Waals surface area contributed by atoms with E-state index in [4.69, 9.17) is 4.74 Å². The van der Waals surface area contributed by atoms with Crippen LogP contribution in [-0.2, 0) is 14.3 Å². The molecule has 0 aliphatic heterocycles. The first-order valence-electron chi connectivity index (χ1n) is 11.0. The molecule has 0 spiro atoms. The van der Waals surface area contributed by atoms with E-state index in [9.17, 15) is 24.6 Å². The van der Waals surface area contributed by atoms with E-state index in [0.717, 1.165) is 22.3 Å². The summed E-state index contributed by atoms with van der Waals surface area (Å²) in [6.45, 7) is 5.13. The summed E-state index contributed by atoms with van der Waals surface area (Å²) in [4.78, 5) is 36.6. The van der Waals surface area contributed by atoms with Gasteiger partial charge in [0.05, 0.1) is 6.10 Å². The Morgan fingerprint density at radius 3 is 1.97 bits per heavy atom. The highest BCUT2D eigenvalue weighted by Crippen LogP contribution is 2.44. The molecule has 2 aromatic carbocycles. The SMILES string of the molecule is CC(C)CC(NC(=O)OCC1c2ccccc2-c2ccccc21)C(=O)NC(C(=O)O)C(C)O. The molecule has 176 valence electrons. The van der Waals surface area contributed by atoms with E-state index >= 15 is 0 Å². The molecule has 3 atom stereocenters. The molecule has 0 aromatic heterocycles. The molecule has 0 fully saturated rings. The standard InChI is InChI=1S/C25H30N2O6/c1-14(2)12-21(23(29)27-22(15(3)28)24(30)31)26-25(32)33-13-20-18-10-6-4-8-16(18)17-9-5-7-11-19(17)20/h4-11,14-15,20-22,28H,12-13H2,1-3H3,(H,26,32)(H,27,29)(H,30,31). The van der Waals surface area contributed by atoms with Gasteiger partial charge in [0, 0.05) is 5.92 Å². The molecule has 3 rings (SSSR count). The minimum atomic E-state index is -1.48. The molecular formula is C25H30N2O6. The highest BCUT2D eigenvalue weighted by Gasteiger charge is 2.32. The van der Waals surface area contributed by atoms with Crippen molar-refractivity contribution in [1.29, 1.82) is 0 Å². The van der Waals surface area contributed by atoms with Crippen LogP contribution in [0, 0.1) is 5.92 Å². The molecule has 2 aromatic rings. The fourth-order valence-corrected chi connectivity index (χ4v) is 4.13. The molecule has 1 aliphatic carbocycles. The number of aliphatic hydroxyl groups excluding tert-OH is 1. The van der Waals surface area contributed by atoms with Gasteiger partial charge in [0.25, 0.3) is 0 Å². The van der Waals surface area contributed by atoms with Crippen molar-refractivity contribution in [3.63, 3.8) is 0 Å². The Bertz CT molecular complexity index is 974. The molecule has 0 radical (unpaired) electrons. The number of aliphatic hydroxyl groups is 1. The minimum absolute atomic E-state index is 0.0458. The number of carbonyl (C=O) groups is 3. The number of amides is 2. The third kappa shape index (κ3) is 5.70. The van der Waals surface area contributed by atoms with Gasteiger partial charge in [-0.25, -0.2) is 9.59 Å². The smallest absolute Gasteiger partial charge is 0.407 e. The topological polar surface area (TPSA) is 125 Å². The zero-order chi connectivity index (χ0) is 24.1. The first-order chi connectivity index (χ1) is 15.7. The Kier molecular flexibility index (Phi) is 7.71. The van der Waals surface area contributed by atoms with E-state index in [1.165, 1.54) is 6.92 Å². The molecule has 0 heterocycles. The number of ether oxygens (including phenoxy) is 1. The monoisotopic (exact) mass is 454 g/mol. The lowest BCUT2D eigenvalue weighted by Crippen LogP contribution is -2.55. The van der Waals surface area contributed by atoms with Crippen LogP contribution in [0.1, 0.15) is 44.2 Å². The van der Waals surface area contributed by atoms with Crippen LogP contribution in [0.25, 0.3) is 11.1 Å². The van der Waals surface area contributed by atoms with Gasteiger partial charge < -0.3 is 25.6 Å². The van der Waals surface area contributed by atoms with Gasteiger partial charge in [-0.15, -0.1) is 0 Å². The third-order valence-electron chi connectivity index (χ3n) is 5.71. The summed E-state index contributed by atoms with van der Waals surface area (Å²) in [6.07, 6.45) is -1.77. The maximum atomic E-state index is 12.7. The normalized spacial score (nSPS) is 15.2. The number of nitrogens with one attached hydrogen (secondary N) is 2. The molecule has 3 unspecified atom stereocenters. The van der Waals surface area contributed by atoms with E-state index in [0.29, 0.717) is 0 Å². The van der Waals surface area contributed by atoms with Crippen LogP contribution in [0.3, 0.4) is 0 Å². The predicted molar refractivity (Wildman–Crippen MR) is 123 cm³/mol. The predicted octanol–water partition coefficient (Wildman–Crippen LogP) is 2.89. The van der Waals surface area contributed by atoms with E-state index in [1.54, 1.807) is 0 Å². The number of benzene rings is 2. The number of aliphatic carboxylic acids is 1. The lowest BCUT2D eigenvalue weighted by Gasteiger charge is -2.24. The molecule has 4 N–H and O–H groups in total. The van der Waals surface area contributed by atoms with Gasteiger partial charge in [0.15, 0.2) is 6.04 Å². The van der Waals surface area contributed by atoms with Crippen molar-refractivity contribution in [3.8, 4) is 11.1 Å². The summed E-state index contributed by atoms with van der Waals surface area (Å²) in [6, 6.07) is 13.5. The Labute approximate surface area is 193 Å². The summed E-state index contributed by atoms with van der Waals surface area (Å²) in [5.41, 5.74) is 4.36. The van der Waals surface area contributed by atoms with Gasteiger partial charge in [-0.3, -0.25) is 4.79 Å². The number of alkyl carbamates (subject to hydrolysis) is 1. The first kappa shape index (κ1) is 24.3. The highest BCUT2D eigenvalue weighted by molar-refractivity contribution is 5.89. The van der Waals surface area contributed by atoms with Gasteiger partial charge in [-0.2, -0.15) is 0 Å².